The van der Waals surface area contributed by atoms with E-state index in [0.29, 0.717) is 13.0 Å². The Balaban J connectivity index is 2.02. The highest BCUT2D eigenvalue weighted by molar-refractivity contribution is 7.89. The number of hydrogen-bond acceptors (Lipinski definition) is 3. The van der Waals surface area contributed by atoms with Crippen molar-refractivity contribution in [1.82, 2.24) is 9.21 Å². The maximum absolute atomic E-state index is 12.5. The van der Waals surface area contributed by atoms with E-state index in [9.17, 15) is 13.2 Å². The molecule has 1 amide bonds. The first kappa shape index (κ1) is 15.8. The number of hydrogen-bond donors (Lipinski definition) is 0. The number of sulfonamides is 1. The molecule has 1 saturated carbocycles. The lowest BCUT2D eigenvalue weighted by molar-refractivity contribution is -0.133. The van der Waals surface area contributed by atoms with Crippen molar-refractivity contribution in [2.75, 3.05) is 19.3 Å². The maximum atomic E-state index is 12.5. The first-order valence-corrected chi connectivity index (χ1v) is 8.99. The highest BCUT2D eigenvalue weighted by Gasteiger charge is 2.41. The van der Waals surface area contributed by atoms with Crippen molar-refractivity contribution in [1.29, 1.82) is 0 Å². The van der Waals surface area contributed by atoms with E-state index in [2.05, 4.69) is 0 Å². The van der Waals surface area contributed by atoms with E-state index in [1.54, 1.807) is 6.92 Å². The molecular formula is C13H23BN2O3S. The summed E-state index contributed by atoms with van der Waals surface area (Å²) in [5.74, 6) is 0.249. The summed E-state index contributed by atoms with van der Waals surface area (Å²) in [6.45, 7) is 2.26. The van der Waals surface area contributed by atoms with E-state index >= 15 is 0 Å². The maximum Gasteiger partial charge on any atom is 0.241 e. The highest BCUT2D eigenvalue weighted by atomic mass is 32.2. The topological polar surface area (TPSA) is 57.7 Å². The van der Waals surface area contributed by atoms with Crippen LogP contribution in [0.1, 0.15) is 39.0 Å². The van der Waals surface area contributed by atoms with Crippen molar-refractivity contribution < 1.29 is 13.2 Å². The Morgan fingerprint density at radius 3 is 2.40 bits per heavy atom. The smallest absolute Gasteiger partial charge is 0.241 e. The molecule has 0 spiro atoms. The third kappa shape index (κ3) is 3.03. The molecule has 1 atom stereocenters. The van der Waals surface area contributed by atoms with Crippen LogP contribution in [0.5, 0.6) is 0 Å². The number of likely N-dealkylation sites (tertiary alicyclic amines) is 1. The van der Waals surface area contributed by atoms with Gasteiger partial charge in [0.15, 0.2) is 0 Å². The SMILES string of the molecule is [B]C1CCC(N2CCC(N(C)S(=O)(=O)CC)C2=O)CC1. The zero-order valence-electron chi connectivity index (χ0n) is 12.3. The average Bonchev–Trinajstić information content (AvgIpc) is 2.80. The minimum absolute atomic E-state index is 0.0333. The van der Waals surface area contributed by atoms with Crippen molar-refractivity contribution in [2.24, 2.45) is 0 Å². The number of nitrogens with zero attached hydrogens (tertiary/aromatic N) is 2. The number of carbonyl (C=O) groups excluding carboxylic acids is 1. The van der Waals surface area contributed by atoms with Crippen molar-refractivity contribution in [3.8, 4) is 0 Å². The van der Waals surface area contributed by atoms with Crippen LogP contribution < -0.4 is 0 Å². The molecule has 1 saturated heterocycles. The van der Waals surface area contributed by atoms with Crippen LogP contribution in [-0.2, 0) is 14.8 Å². The molecule has 0 aromatic carbocycles. The Morgan fingerprint density at radius 2 is 1.85 bits per heavy atom. The van der Waals surface area contributed by atoms with Crippen molar-refractivity contribution in [3.63, 3.8) is 0 Å². The third-order valence-corrected chi connectivity index (χ3v) is 6.50. The summed E-state index contributed by atoms with van der Waals surface area (Å²) in [6.07, 6.45) is 4.36. The monoisotopic (exact) mass is 298 g/mol. The van der Waals surface area contributed by atoms with Gasteiger partial charge in [0.2, 0.25) is 15.9 Å². The normalized spacial score (nSPS) is 32.0. The standard InChI is InChI=1S/C13H23BN2O3S/c1-3-20(18,19)15(2)12-8-9-16(13(12)17)11-6-4-10(14)5-7-11/h10-12H,3-9H2,1-2H3. The molecule has 0 aromatic rings. The van der Waals surface area contributed by atoms with Crippen molar-refractivity contribution >= 4 is 23.8 Å². The van der Waals surface area contributed by atoms with Gasteiger partial charge in [-0.25, -0.2) is 8.42 Å². The molecule has 0 bridgehead atoms. The van der Waals surface area contributed by atoms with Gasteiger partial charge in [0.1, 0.15) is 6.04 Å². The van der Waals surface area contributed by atoms with Crippen LogP contribution in [0.2, 0.25) is 5.82 Å². The van der Waals surface area contributed by atoms with Gasteiger partial charge in [0.05, 0.1) is 13.6 Å². The summed E-state index contributed by atoms with van der Waals surface area (Å²) in [5.41, 5.74) is 0. The first-order valence-electron chi connectivity index (χ1n) is 7.38. The highest BCUT2D eigenvalue weighted by Crippen LogP contribution is 2.32. The van der Waals surface area contributed by atoms with Gasteiger partial charge >= 0.3 is 0 Å². The van der Waals surface area contributed by atoms with Crippen molar-refractivity contribution in [3.05, 3.63) is 0 Å². The van der Waals surface area contributed by atoms with E-state index in [1.807, 2.05) is 4.90 Å². The van der Waals surface area contributed by atoms with E-state index < -0.39 is 16.1 Å². The fourth-order valence-electron chi connectivity index (χ4n) is 3.20. The van der Waals surface area contributed by atoms with Crippen LogP contribution in [0.4, 0.5) is 0 Å². The molecule has 7 heteroatoms. The average molecular weight is 298 g/mol. The molecule has 2 aliphatic rings. The van der Waals surface area contributed by atoms with Gasteiger partial charge in [-0.3, -0.25) is 4.79 Å². The Bertz CT molecular complexity index is 460. The molecule has 1 unspecified atom stereocenters. The Hall–Kier alpha value is -0.555. The van der Waals surface area contributed by atoms with Crippen LogP contribution in [0.15, 0.2) is 0 Å². The number of carbonyl (C=O) groups is 1. The van der Waals surface area contributed by atoms with Gasteiger partial charge in [-0.15, -0.1) is 0 Å². The van der Waals surface area contributed by atoms with Crippen LogP contribution >= 0.6 is 0 Å². The molecule has 112 valence electrons. The van der Waals surface area contributed by atoms with E-state index in [0.717, 1.165) is 25.7 Å². The second kappa shape index (κ2) is 6.06. The molecule has 1 aliphatic carbocycles. The van der Waals surface area contributed by atoms with E-state index in [-0.39, 0.29) is 23.5 Å². The van der Waals surface area contributed by atoms with E-state index in [4.69, 9.17) is 7.85 Å². The Kier molecular flexibility index (Phi) is 4.79. The lowest BCUT2D eigenvalue weighted by Gasteiger charge is -2.34. The van der Waals surface area contributed by atoms with Gasteiger partial charge in [0, 0.05) is 19.6 Å². The lowest BCUT2D eigenvalue weighted by atomic mass is 9.74. The zero-order chi connectivity index (χ0) is 14.9. The summed E-state index contributed by atoms with van der Waals surface area (Å²) >= 11 is 0. The van der Waals surface area contributed by atoms with Crippen LogP contribution in [0.25, 0.3) is 0 Å². The second-order valence-corrected chi connectivity index (χ2v) is 8.14. The lowest BCUT2D eigenvalue weighted by Crippen LogP contribution is -2.46. The minimum Gasteiger partial charge on any atom is -0.338 e. The molecule has 1 heterocycles. The number of likely N-dealkylation sites (N-methyl/N-ethyl adjacent to an activating group) is 1. The molecular weight excluding hydrogens is 275 g/mol. The summed E-state index contributed by atoms with van der Waals surface area (Å²) in [4.78, 5) is 14.4. The van der Waals surface area contributed by atoms with Crippen LogP contribution in [0.3, 0.4) is 0 Å². The third-order valence-electron chi connectivity index (χ3n) is 4.64. The zero-order valence-corrected chi connectivity index (χ0v) is 13.1. The molecule has 2 fully saturated rings. The first-order chi connectivity index (χ1) is 9.36. The van der Waals surface area contributed by atoms with Gasteiger partial charge in [-0.1, -0.05) is 18.7 Å². The van der Waals surface area contributed by atoms with Gasteiger partial charge in [0.25, 0.3) is 0 Å². The predicted octanol–water partition coefficient (Wildman–Crippen LogP) is 0.768. The predicted molar refractivity (Wildman–Crippen MR) is 79.1 cm³/mol. The minimum atomic E-state index is -3.31. The van der Waals surface area contributed by atoms with Crippen LogP contribution in [0, 0.1) is 0 Å². The molecule has 2 rings (SSSR count). The molecule has 2 radical (unpaired) electrons. The van der Waals surface area contributed by atoms with Gasteiger partial charge in [-0.2, -0.15) is 4.31 Å². The molecule has 5 nitrogen and oxygen atoms in total. The summed E-state index contributed by atoms with van der Waals surface area (Å²) in [5, 5.41) is 0. The summed E-state index contributed by atoms with van der Waals surface area (Å²) in [7, 11) is 4.09. The Morgan fingerprint density at radius 1 is 1.25 bits per heavy atom. The summed E-state index contributed by atoms with van der Waals surface area (Å²) in [6, 6.07) is -0.277. The molecule has 20 heavy (non-hydrogen) atoms. The quantitative estimate of drug-likeness (QED) is 0.720. The largest absolute Gasteiger partial charge is 0.338 e. The van der Waals surface area contributed by atoms with Crippen molar-refractivity contribution in [2.45, 2.75) is 56.9 Å². The van der Waals surface area contributed by atoms with Gasteiger partial charge < -0.3 is 4.90 Å². The second-order valence-electron chi connectivity index (χ2n) is 5.82. The summed E-state index contributed by atoms with van der Waals surface area (Å²) < 4.78 is 25.0. The van der Waals surface area contributed by atoms with Crippen LogP contribution in [-0.4, -0.2) is 62.8 Å². The fraction of sp³-hybridized carbons (Fsp3) is 0.923. The molecule has 0 aromatic heterocycles. The Labute approximate surface area is 123 Å². The van der Waals surface area contributed by atoms with Gasteiger partial charge in [-0.05, 0) is 26.2 Å². The number of amides is 1. The fourth-order valence-corrected chi connectivity index (χ4v) is 4.19. The number of rotatable bonds is 4. The van der Waals surface area contributed by atoms with E-state index in [1.165, 1.54) is 11.4 Å². The molecule has 1 aliphatic heterocycles. The molecule has 0 N–H and O–H groups in total.